The molecule has 1 N–H and O–H groups in total. The normalized spacial score (nSPS) is 10.2. The molecule has 0 aliphatic carbocycles. The van der Waals surface area contributed by atoms with Crippen LogP contribution in [0.3, 0.4) is 0 Å². The Kier molecular flexibility index (Phi) is 5.65. The highest BCUT2D eigenvalue weighted by Gasteiger charge is 2.13. The second-order valence-electron chi connectivity index (χ2n) is 4.78. The molecule has 0 unspecified atom stereocenters. The highest BCUT2D eigenvalue weighted by atomic mass is 35.5. The third-order valence-corrected chi connectivity index (χ3v) is 3.57. The molecule has 0 bridgehead atoms. The van der Waals surface area contributed by atoms with Crippen LogP contribution in [0.2, 0.25) is 5.02 Å². The van der Waals surface area contributed by atoms with Crippen molar-refractivity contribution in [1.82, 2.24) is 0 Å². The van der Waals surface area contributed by atoms with Crippen molar-refractivity contribution in [2.24, 2.45) is 0 Å². The summed E-state index contributed by atoms with van der Waals surface area (Å²) < 4.78 is 10.4. The number of hydrogen-bond acceptors (Lipinski definition) is 5. The van der Waals surface area contributed by atoms with E-state index in [0.717, 1.165) is 5.56 Å². The third kappa shape index (κ3) is 4.26. The first-order chi connectivity index (χ1) is 11.0. The van der Waals surface area contributed by atoms with Gasteiger partial charge in [0.25, 0.3) is 5.69 Å². The minimum Gasteiger partial charge on any atom is -0.493 e. The summed E-state index contributed by atoms with van der Waals surface area (Å²) in [6.07, 6.45) is 0.671. The van der Waals surface area contributed by atoms with Crippen LogP contribution in [0.1, 0.15) is 5.56 Å². The lowest BCUT2D eigenvalue weighted by molar-refractivity contribution is -0.384. The molecule has 0 spiro atoms. The Morgan fingerprint density at radius 3 is 2.52 bits per heavy atom. The molecule has 2 aromatic rings. The van der Waals surface area contributed by atoms with Gasteiger partial charge in [-0.25, -0.2) is 0 Å². The Hall–Kier alpha value is -2.47. The lowest BCUT2D eigenvalue weighted by Crippen LogP contribution is -2.07. The van der Waals surface area contributed by atoms with Crippen LogP contribution in [0.5, 0.6) is 11.5 Å². The lowest BCUT2D eigenvalue weighted by Gasteiger charge is -2.11. The Labute approximate surface area is 139 Å². The van der Waals surface area contributed by atoms with Crippen LogP contribution in [-0.2, 0) is 6.42 Å². The summed E-state index contributed by atoms with van der Waals surface area (Å²) >= 11 is 5.90. The number of nitrogens with one attached hydrogen (secondary N) is 1. The number of rotatable bonds is 7. The summed E-state index contributed by atoms with van der Waals surface area (Å²) in [5, 5.41) is 14.5. The number of ether oxygens (including phenoxy) is 2. The van der Waals surface area contributed by atoms with Crippen molar-refractivity contribution < 1.29 is 14.4 Å². The topological polar surface area (TPSA) is 73.6 Å². The molecule has 23 heavy (non-hydrogen) atoms. The van der Waals surface area contributed by atoms with Crippen LogP contribution in [-0.4, -0.2) is 25.7 Å². The quantitative estimate of drug-likeness (QED) is 0.612. The highest BCUT2D eigenvalue weighted by molar-refractivity contribution is 6.31. The number of nitro groups is 1. The number of anilines is 1. The van der Waals surface area contributed by atoms with Gasteiger partial charge in [0, 0.05) is 17.6 Å². The van der Waals surface area contributed by atoms with Gasteiger partial charge in [-0.15, -0.1) is 0 Å². The van der Waals surface area contributed by atoms with Gasteiger partial charge in [-0.2, -0.15) is 0 Å². The van der Waals surface area contributed by atoms with Crippen molar-refractivity contribution >= 4 is 23.0 Å². The average molecular weight is 337 g/mol. The van der Waals surface area contributed by atoms with E-state index in [2.05, 4.69) is 5.32 Å². The third-order valence-electron chi connectivity index (χ3n) is 3.33. The molecule has 122 valence electrons. The molecule has 7 heteroatoms. The van der Waals surface area contributed by atoms with Crippen LogP contribution in [0.25, 0.3) is 0 Å². The molecule has 0 saturated carbocycles. The largest absolute Gasteiger partial charge is 0.493 e. The number of benzene rings is 2. The maximum absolute atomic E-state index is 11.0. The van der Waals surface area contributed by atoms with Gasteiger partial charge in [0.15, 0.2) is 11.5 Å². The summed E-state index contributed by atoms with van der Waals surface area (Å²) in [4.78, 5) is 10.6. The Balaban J connectivity index is 2.05. The van der Waals surface area contributed by atoms with Crippen LogP contribution >= 0.6 is 11.6 Å². The van der Waals surface area contributed by atoms with Gasteiger partial charge in [-0.05, 0) is 36.2 Å². The molecule has 6 nitrogen and oxygen atoms in total. The first kappa shape index (κ1) is 16.9. The SMILES string of the molecule is COc1ccc(CCNc2cc(Cl)ccc2[N+](=O)[O-])cc1OC. The maximum Gasteiger partial charge on any atom is 0.292 e. The summed E-state index contributed by atoms with van der Waals surface area (Å²) in [5.41, 5.74) is 1.43. The number of nitrogens with zero attached hydrogens (tertiary/aromatic N) is 1. The molecule has 0 heterocycles. The number of nitro benzene ring substituents is 1. The fourth-order valence-electron chi connectivity index (χ4n) is 2.19. The molecule has 0 amide bonds. The summed E-state index contributed by atoms with van der Waals surface area (Å²) in [5.74, 6) is 1.31. The van der Waals surface area contributed by atoms with E-state index in [1.807, 2.05) is 18.2 Å². The molecule has 2 rings (SSSR count). The van der Waals surface area contributed by atoms with Crippen LogP contribution < -0.4 is 14.8 Å². The zero-order valence-corrected chi connectivity index (χ0v) is 13.6. The predicted octanol–water partition coefficient (Wildman–Crippen LogP) is 3.92. The van der Waals surface area contributed by atoms with Crippen molar-refractivity contribution in [2.45, 2.75) is 6.42 Å². The summed E-state index contributed by atoms with van der Waals surface area (Å²) in [7, 11) is 3.16. The van der Waals surface area contributed by atoms with Gasteiger partial charge in [0.2, 0.25) is 0 Å². The van der Waals surface area contributed by atoms with Gasteiger partial charge in [-0.3, -0.25) is 10.1 Å². The van der Waals surface area contributed by atoms with Gasteiger partial charge < -0.3 is 14.8 Å². The molecular formula is C16H17ClN2O4. The van der Waals surface area contributed by atoms with E-state index in [9.17, 15) is 10.1 Å². The number of halogens is 1. The van der Waals surface area contributed by atoms with E-state index >= 15 is 0 Å². The number of hydrogen-bond donors (Lipinski definition) is 1. The zero-order chi connectivity index (χ0) is 16.8. The van der Waals surface area contributed by atoms with E-state index in [0.29, 0.717) is 35.2 Å². The van der Waals surface area contributed by atoms with Crippen molar-refractivity contribution in [3.63, 3.8) is 0 Å². The molecule has 0 aromatic heterocycles. The molecule has 0 atom stereocenters. The van der Waals surface area contributed by atoms with E-state index in [4.69, 9.17) is 21.1 Å². The van der Waals surface area contributed by atoms with E-state index in [-0.39, 0.29) is 5.69 Å². The van der Waals surface area contributed by atoms with Crippen molar-refractivity contribution in [2.75, 3.05) is 26.1 Å². The predicted molar refractivity (Wildman–Crippen MR) is 89.8 cm³/mol. The molecular weight excluding hydrogens is 320 g/mol. The first-order valence-electron chi connectivity index (χ1n) is 6.94. The smallest absolute Gasteiger partial charge is 0.292 e. The fraction of sp³-hybridized carbons (Fsp3) is 0.250. The number of methoxy groups -OCH3 is 2. The van der Waals surface area contributed by atoms with Crippen LogP contribution in [0, 0.1) is 10.1 Å². The molecule has 0 aliphatic rings. The second-order valence-corrected chi connectivity index (χ2v) is 5.22. The monoisotopic (exact) mass is 336 g/mol. The Bertz CT molecular complexity index is 706. The van der Waals surface area contributed by atoms with E-state index < -0.39 is 4.92 Å². The molecule has 0 saturated heterocycles. The van der Waals surface area contributed by atoms with Gasteiger partial charge in [0.05, 0.1) is 19.1 Å². The maximum atomic E-state index is 11.0. The van der Waals surface area contributed by atoms with Crippen LogP contribution in [0.4, 0.5) is 11.4 Å². The van der Waals surface area contributed by atoms with Crippen LogP contribution in [0.15, 0.2) is 36.4 Å². The minimum atomic E-state index is -0.435. The summed E-state index contributed by atoms with van der Waals surface area (Å²) in [6, 6.07) is 10.1. The van der Waals surface area contributed by atoms with Gasteiger partial charge in [0.1, 0.15) is 5.69 Å². The van der Waals surface area contributed by atoms with Crippen molar-refractivity contribution in [1.29, 1.82) is 0 Å². The van der Waals surface area contributed by atoms with Crippen molar-refractivity contribution in [3.8, 4) is 11.5 Å². The zero-order valence-electron chi connectivity index (χ0n) is 12.8. The molecule has 0 fully saturated rings. The first-order valence-corrected chi connectivity index (χ1v) is 7.31. The van der Waals surface area contributed by atoms with Gasteiger partial charge in [-0.1, -0.05) is 17.7 Å². The average Bonchev–Trinajstić information content (AvgIpc) is 2.54. The Morgan fingerprint density at radius 1 is 1.13 bits per heavy atom. The summed E-state index contributed by atoms with van der Waals surface area (Å²) in [6.45, 7) is 0.524. The minimum absolute atomic E-state index is 0.00158. The molecule has 0 radical (unpaired) electrons. The van der Waals surface area contributed by atoms with E-state index in [1.54, 1.807) is 20.3 Å². The van der Waals surface area contributed by atoms with Crippen molar-refractivity contribution in [3.05, 3.63) is 57.1 Å². The Morgan fingerprint density at radius 2 is 1.87 bits per heavy atom. The second kappa shape index (κ2) is 7.69. The molecule has 0 aliphatic heterocycles. The van der Waals surface area contributed by atoms with Gasteiger partial charge >= 0.3 is 0 Å². The lowest BCUT2D eigenvalue weighted by atomic mass is 10.1. The highest BCUT2D eigenvalue weighted by Crippen LogP contribution is 2.29. The standard InChI is InChI=1S/C16H17ClN2O4/c1-22-15-6-3-11(9-16(15)23-2)7-8-18-13-10-12(17)4-5-14(13)19(20)21/h3-6,9-10,18H,7-8H2,1-2H3. The van der Waals surface area contributed by atoms with E-state index in [1.165, 1.54) is 12.1 Å². The fourth-order valence-corrected chi connectivity index (χ4v) is 2.36. The molecule has 2 aromatic carbocycles.